The summed E-state index contributed by atoms with van der Waals surface area (Å²) in [5.41, 5.74) is 4.89. The van der Waals surface area contributed by atoms with Crippen LogP contribution in [0.5, 0.6) is 5.75 Å². The van der Waals surface area contributed by atoms with E-state index in [1.54, 1.807) is 30.7 Å². The number of aromatic nitrogens is 3. The molecule has 4 rings (SSSR count). The van der Waals surface area contributed by atoms with E-state index in [0.29, 0.717) is 11.3 Å². The van der Waals surface area contributed by atoms with Crippen LogP contribution in [0.15, 0.2) is 67.1 Å². The lowest BCUT2D eigenvalue weighted by molar-refractivity contribution is 0.386. The number of methoxy groups -OCH3 is 1. The number of hydrogen-bond acceptors (Lipinski definition) is 4. The molecule has 0 fully saturated rings. The summed E-state index contributed by atoms with van der Waals surface area (Å²) in [5.74, 6) is -0.218. The summed E-state index contributed by atoms with van der Waals surface area (Å²) < 4.78 is 18.9. The van der Waals surface area contributed by atoms with Crippen LogP contribution in [0.1, 0.15) is 0 Å². The first-order valence-corrected chi connectivity index (χ1v) is 7.76. The van der Waals surface area contributed by atoms with Crippen LogP contribution in [0.4, 0.5) is 4.39 Å². The largest absolute Gasteiger partial charge is 0.494 e. The fourth-order valence-corrected chi connectivity index (χ4v) is 2.70. The molecule has 122 valence electrons. The molecule has 0 bridgehead atoms. The highest BCUT2D eigenvalue weighted by molar-refractivity contribution is 5.82. The van der Waals surface area contributed by atoms with Gasteiger partial charge in [-0.25, -0.2) is 9.37 Å². The molecular formula is C20H14FN3O. The van der Waals surface area contributed by atoms with Crippen LogP contribution < -0.4 is 4.74 Å². The topological polar surface area (TPSA) is 47.9 Å². The SMILES string of the molecule is COc1ccc(-c2cnc3ccc(-c4ccncc4)cc3n2)cc1F. The fraction of sp³-hybridized carbons (Fsp3) is 0.0500. The van der Waals surface area contributed by atoms with Gasteiger partial charge in [0.15, 0.2) is 11.6 Å². The van der Waals surface area contributed by atoms with Gasteiger partial charge in [-0.3, -0.25) is 9.97 Å². The van der Waals surface area contributed by atoms with Crippen LogP contribution in [0.3, 0.4) is 0 Å². The van der Waals surface area contributed by atoms with Gasteiger partial charge in [0.2, 0.25) is 0 Å². The summed E-state index contributed by atoms with van der Waals surface area (Å²) in [5, 5.41) is 0. The molecular weight excluding hydrogens is 317 g/mol. The number of ether oxygens (including phenoxy) is 1. The van der Waals surface area contributed by atoms with Crippen molar-refractivity contribution >= 4 is 11.0 Å². The second kappa shape index (κ2) is 6.28. The van der Waals surface area contributed by atoms with E-state index < -0.39 is 5.82 Å². The lowest BCUT2D eigenvalue weighted by Gasteiger charge is -2.07. The Morgan fingerprint density at radius 3 is 2.40 bits per heavy atom. The molecule has 4 nitrogen and oxygen atoms in total. The standard InChI is InChI=1S/C20H14FN3O/c1-25-20-5-3-15(10-16(20)21)19-12-23-17-4-2-14(11-18(17)24-19)13-6-8-22-9-7-13/h2-12H,1H3. The molecule has 0 amide bonds. The number of fused-ring (bicyclic) bond motifs is 1. The lowest BCUT2D eigenvalue weighted by Crippen LogP contribution is -1.92. The molecule has 0 saturated heterocycles. The first kappa shape index (κ1) is 15.2. The van der Waals surface area contributed by atoms with Crippen LogP contribution >= 0.6 is 0 Å². The minimum Gasteiger partial charge on any atom is -0.494 e. The summed E-state index contributed by atoms with van der Waals surface area (Å²) in [7, 11) is 1.44. The van der Waals surface area contributed by atoms with Crippen molar-refractivity contribution in [2.75, 3.05) is 7.11 Å². The summed E-state index contributed by atoms with van der Waals surface area (Å²) >= 11 is 0. The quantitative estimate of drug-likeness (QED) is 0.554. The van der Waals surface area contributed by atoms with Crippen LogP contribution in [0.2, 0.25) is 0 Å². The molecule has 5 heteroatoms. The van der Waals surface area contributed by atoms with E-state index in [1.165, 1.54) is 13.2 Å². The molecule has 0 saturated carbocycles. The molecule has 0 radical (unpaired) electrons. The third kappa shape index (κ3) is 2.92. The summed E-state index contributed by atoms with van der Waals surface area (Å²) in [6.45, 7) is 0. The molecule has 0 atom stereocenters. The minimum atomic E-state index is -0.424. The number of benzene rings is 2. The lowest BCUT2D eigenvalue weighted by atomic mass is 10.1. The number of pyridine rings is 1. The van der Waals surface area contributed by atoms with Gasteiger partial charge in [0.05, 0.1) is 30.0 Å². The number of nitrogens with zero attached hydrogens (tertiary/aromatic N) is 3. The molecule has 0 spiro atoms. The van der Waals surface area contributed by atoms with Crippen molar-refractivity contribution in [3.05, 3.63) is 72.9 Å². The van der Waals surface area contributed by atoms with E-state index >= 15 is 0 Å². The summed E-state index contributed by atoms with van der Waals surface area (Å²) in [6, 6.07) is 14.5. The third-order valence-electron chi connectivity index (χ3n) is 4.00. The summed E-state index contributed by atoms with van der Waals surface area (Å²) in [4.78, 5) is 13.1. The average molecular weight is 331 g/mol. The number of halogens is 1. The normalized spacial score (nSPS) is 10.8. The zero-order valence-electron chi connectivity index (χ0n) is 13.5. The Bertz CT molecular complexity index is 1050. The molecule has 0 N–H and O–H groups in total. The van der Waals surface area contributed by atoms with Crippen molar-refractivity contribution in [1.29, 1.82) is 0 Å². The minimum absolute atomic E-state index is 0.206. The Morgan fingerprint density at radius 1 is 0.840 bits per heavy atom. The van der Waals surface area contributed by atoms with E-state index in [-0.39, 0.29) is 5.75 Å². The second-order valence-electron chi connectivity index (χ2n) is 5.54. The van der Waals surface area contributed by atoms with Crippen LogP contribution in [0, 0.1) is 5.82 Å². The molecule has 0 unspecified atom stereocenters. The average Bonchev–Trinajstić information content (AvgIpc) is 2.67. The first-order valence-electron chi connectivity index (χ1n) is 7.76. The molecule has 4 aromatic rings. The van der Waals surface area contributed by atoms with Crippen molar-refractivity contribution in [2.24, 2.45) is 0 Å². The van der Waals surface area contributed by atoms with Gasteiger partial charge in [-0.05, 0) is 53.6 Å². The molecule has 0 aliphatic heterocycles. The smallest absolute Gasteiger partial charge is 0.165 e. The van der Waals surface area contributed by atoms with Gasteiger partial charge in [-0.2, -0.15) is 0 Å². The zero-order valence-corrected chi connectivity index (χ0v) is 13.5. The van der Waals surface area contributed by atoms with E-state index in [4.69, 9.17) is 4.74 Å². The maximum absolute atomic E-state index is 14.0. The maximum atomic E-state index is 14.0. The molecule has 0 aliphatic rings. The van der Waals surface area contributed by atoms with E-state index in [1.807, 2.05) is 30.3 Å². The van der Waals surface area contributed by atoms with E-state index in [2.05, 4.69) is 15.0 Å². The van der Waals surface area contributed by atoms with Crippen LogP contribution in [-0.4, -0.2) is 22.1 Å². The Morgan fingerprint density at radius 2 is 1.64 bits per heavy atom. The highest BCUT2D eigenvalue weighted by Gasteiger charge is 2.08. The van der Waals surface area contributed by atoms with Gasteiger partial charge < -0.3 is 4.74 Å². The molecule has 2 aromatic heterocycles. The number of rotatable bonds is 3. The van der Waals surface area contributed by atoms with Crippen LogP contribution in [0.25, 0.3) is 33.4 Å². The van der Waals surface area contributed by atoms with Crippen molar-refractivity contribution in [2.45, 2.75) is 0 Å². The Hall–Kier alpha value is -3.34. The predicted octanol–water partition coefficient (Wildman–Crippen LogP) is 4.51. The Balaban J connectivity index is 1.80. The summed E-state index contributed by atoms with van der Waals surface area (Å²) in [6.07, 6.45) is 5.15. The number of hydrogen-bond donors (Lipinski definition) is 0. The van der Waals surface area contributed by atoms with Crippen molar-refractivity contribution in [3.63, 3.8) is 0 Å². The van der Waals surface area contributed by atoms with Gasteiger partial charge in [0.1, 0.15) is 0 Å². The van der Waals surface area contributed by atoms with Crippen molar-refractivity contribution in [3.8, 4) is 28.1 Å². The van der Waals surface area contributed by atoms with Gasteiger partial charge in [0, 0.05) is 18.0 Å². The van der Waals surface area contributed by atoms with Gasteiger partial charge >= 0.3 is 0 Å². The highest BCUT2D eigenvalue weighted by Crippen LogP contribution is 2.27. The monoisotopic (exact) mass is 331 g/mol. The van der Waals surface area contributed by atoms with Gasteiger partial charge in [-0.15, -0.1) is 0 Å². The molecule has 2 aromatic carbocycles. The zero-order chi connectivity index (χ0) is 17.2. The highest BCUT2D eigenvalue weighted by atomic mass is 19.1. The van der Waals surface area contributed by atoms with E-state index in [9.17, 15) is 4.39 Å². The van der Waals surface area contributed by atoms with Crippen LogP contribution in [-0.2, 0) is 0 Å². The Labute approximate surface area is 144 Å². The molecule has 2 heterocycles. The maximum Gasteiger partial charge on any atom is 0.165 e. The first-order chi connectivity index (χ1) is 12.2. The van der Waals surface area contributed by atoms with Crippen molar-refractivity contribution < 1.29 is 9.13 Å². The van der Waals surface area contributed by atoms with E-state index in [0.717, 1.165) is 22.2 Å². The molecule has 25 heavy (non-hydrogen) atoms. The second-order valence-corrected chi connectivity index (χ2v) is 5.54. The fourth-order valence-electron chi connectivity index (χ4n) is 2.70. The van der Waals surface area contributed by atoms with Gasteiger partial charge in [0.25, 0.3) is 0 Å². The Kier molecular flexibility index (Phi) is 3.82. The third-order valence-corrected chi connectivity index (χ3v) is 4.00. The molecule has 0 aliphatic carbocycles. The van der Waals surface area contributed by atoms with Gasteiger partial charge in [-0.1, -0.05) is 6.07 Å². The predicted molar refractivity (Wildman–Crippen MR) is 94.7 cm³/mol. The van der Waals surface area contributed by atoms with Crippen molar-refractivity contribution in [1.82, 2.24) is 15.0 Å².